The second kappa shape index (κ2) is 18.4. The number of rotatable bonds is 19. The molecule has 0 spiro atoms. The maximum atomic E-state index is 13.2. The van der Waals surface area contributed by atoms with E-state index in [9.17, 15) is 37.1 Å². The number of halogens is 3. The summed E-state index contributed by atoms with van der Waals surface area (Å²) < 4.78 is 65.0. The number of nitrogens with zero attached hydrogens (tertiary/aromatic N) is 5. The molecule has 1 saturated heterocycles. The summed E-state index contributed by atoms with van der Waals surface area (Å²) in [7, 11) is 1.68. The van der Waals surface area contributed by atoms with Crippen LogP contribution >= 0.6 is 0 Å². The first-order chi connectivity index (χ1) is 28.9. The number of hydrogen-bond acceptors (Lipinski definition) is 12. The van der Waals surface area contributed by atoms with Crippen LogP contribution in [-0.2, 0) is 41.8 Å². The zero-order valence-corrected chi connectivity index (χ0v) is 32.4. The summed E-state index contributed by atoms with van der Waals surface area (Å²) >= 11 is 0. The Hall–Kier alpha value is -6.22. The average molecular weight is 835 g/mol. The SMILES string of the molecule is Cn1nnc2c3cc(C(=O)NCCOCCOCCOCCOCCNc4cccc5c4C(=O)N(C4CCC(=O)NC4=O)C5=O)ccc3n(-c3ccc(C(F)(F)F)cc3)c21. The number of ether oxygens (including phenoxy) is 4. The quantitative estimate of drug-likeness (QED) is 0.0813. The Morgan fingerprint density at radius 3 is 2.18 bits per heavy atom. The summed E-state index contributed by atoms with van der Waals surface area (Å²) in [6.07, 6.45) is -4.34. The van der Waals surface area contributed by atoms with E-state index in [1.165, 1.54) is 22.9 Å². The molecule has 5 amide bonds. The largest absolute Gasteiger partial charge is 0.416 e. The number of hydrogen-bond donors (Lipinski definition) is 3. The van der Waals surface area contributed by atoms with Crippen molar-refractivity contribution in [2.45, 2.75) is 25.1 Å². The van der Waals surface area contributed by atoms with E-state index in [1.807, 2.05) is 0 Å². The topological polar surface area (TPSA) is 197 Å². The first-order valence-electron chi connectivity index (χ1n) is 19.1. The minimum Gasteiger partial charge on any atom is -0.382 e. The van der Waals surface area contributed by atoms with Gasteiger partial charge in [-0.05, 0) is 61.0 Å². The molecule has 17 nitrogen and oxygen atoms in total. The van der Waals surface area contributed by atoms with Crippen LogP contribution in [0, 0.1) is 0 Å². The van der Waals surface area contributed by atoms with Gasteiger partial charge in [0.2, 0.25) is 11.8 Å². The van der Waals surface area contributed by atoms with Crippen molar-refractivity contribution in [2.75, 3.05) is 71.3 Å². The molecule has 316 valence electrons. The predicted octanol–water partition coefficient (Wildman–Crippen LogP) is 3.24. The number of alkyl halides is 3. The third-order valence-corrected chi connectivity index (χ3v) is 9.89. The Kier molecular flexibility index (Phi) is 12.8. The van der Waals surface area contributed by atoms with Gasteiger partial charge in [0, 0.05) is 48.9 Å². The number of anilines is 1. The first kappa shape index (κ1) is 41.9. The standard InChI is InChI=1S/C40H41F3N8O9/c1-49-37-34(47-48-49)28-23-24(5-10-30(28)50(37)26-8-6-25(7-9-26)40(41,42)43)35(53)45-14-16-58-18-20-60-22-21-59-19-17-57-15-13-44-29-4-2-3-27-33(29)39(56)51(38(27)55)31-11-12-32(52)46-36(31)54/h2-10,23,31,44H,11-22H2,1H3,(H,45,53)(H,46,52,54). The zero-order valence-electron chi connectivity index (χ0n) is 32.4. The Balaban J connectivity index is 0.742. The van der Waals surface area contributed by atoms with E-state index < -0.39 is 41.4 Å². The van der Waals surface area contributed by atoms with Gasteiger partial charge in [-0.15, -0.1) is 5.10 Å². The van der Waals surface area contributed by atoms with E-state index in [2.05, 4.69) is 26.3 Å². The molecule has 1 atom stereocenters. The van der Waals surface area contributed by atoms with Gasteiger partial charge in [-0.2, -0.15) is 13.2 Å². The number of carbonyl (C=O) groups excluding carboxylic acids is 5. The molecule has 1 fully saturated rings. The number of benzene rings is 3. The molecule has 2 aromatic heterocycles. The number of carbonyl (C=O) groups is 5. The van der Waals surface area contributed by atoms with E-state index in [4.69, 9.17) is 18.9 Å². The zero-order chi connectivity index (χ0) is 42.4. The second-order valence-corrected chi connectivity index (χ2v) is 13.8. The third kappa shape index (κ3) is 9.00. The van der Waals surface area contributed by atoms with E-state index in [-0.39, 0.29) is 43.0 Å². The molecule has 4 heterocycles. The van der Waals surface area contributed by atoms with Crippen molar-refractivity contribution in [2.24, 2.45) is 7.05 Å². The number of nitrogens with one attached hydrogen (secondary N) is 3. The van der Waals surface area contributed by atoms with Crippen molar-refractivity contribution in [1.29, 1.82) is 0 Å². The lowest BCUT2D eigenvalue weighted by Crippen LogP contribution is -2.54. The molecular formula is C40H41F3N8O9. The molecule has 0 aliphatic carbocycles. The molecule has 0 saturated carbocycles. The van der Waals surface area contributed by atoms with Crippen LogP contribution in [0.5, 0.6) is 0 Å². The molecule has 2 aliphatic heterocycles. The summed E-state index contributed by atoms with van der Waals surface area (Å²) in [5.41, 5.74) is 2.66. The first-order valence-corrected chi connectivity index (χ1v) is 19.1. The number of imide groups is 2. The summed E-state index contributed by atoms with van der Waals surface area (Å²) in [5.74, 6) is -2.59. The van der Waals surface area contributed by atoms with E-state index in [0.29, 0.717) is 91.8 Å². The summed E-state index contributed by atoms with van der Waals surface area (Å²) in [6.45, 7) is 3.09. The highest BCUT2D eigenvalue weighted by molar-refractivity contribution is 6.25. The van der Waals surface area contributed by atoms with Gasteiger partial charge in [-0.25, -0.2) is 4.68 Å². The van der Waals surface area contributed by atoms with Gasteiger partial charge in [0.15, 0.2) is 5.65 Å². The van der Waals surface area contributed by atoms with Crippen LogP contribution in [0.3, 0.4) is 0 Å². The molecule has 2 aliphatic rings. The Morgan fingerprint density at radius 1 is 0.850 bits per heavy atom. The maximum absolute atomic E-state index is 13.2. The number of piperidine rings is 1. The van der Waals surface area contributed by atoms with Crippen LogP contribution in [-0.4, -0.2) is 126 Å². The Morgan fingerprint density at radius 2 is 1.52 bits per heavy atom. The van der Waals surface area contributed by atoms with Gasteiger partial charge in [0.25, 0.3) is 17.7 Å². The monoisotopic (exact) mass is 834 g/mol. The third-order valence-electron chi connectivity index (χ3n) is 9.89. The molecule has 3 N–H and O–H groups in total. The second-order valence-electron chi connectivity index (χ2n) is 13.8. The van der Waals surface area contributed by atoms with Crippen molar-refractivity contribution in [3.63, 3.8) is 0 Å². The average Bonchev–Trinajstić information content (AvgIpc) is 3.85. The lowest BCUT2D eigenvalue weighted by atomic mass is 10.0. The smallest absolute Gasteiger partial charge is 0.382 e. The molecule has 60 heavy (non-hydrogen) atoms. The number of aryl methyl sites for hydroxylation is 1. The van der Waals surface area contributed by atoms with Gasteiger partial charge in [0.1, 0.15) is 11.6 Å². The molecule has 5 aromatic rings. The van der Waals surface area contributed by atoms with Crippen LogP contribution in [0.15, 0.2) is 60.7 Å². The van der Waals surface area contributed by atoms with Gasteiger partial charge < -0.3 is 29.6 Å². The van der Waals surface area contributed by atoms with E-state index in [1.54, 1.807) is 41.9 Å². The van der Waals surface area contributed by atoms with Crippen LogP contribution < -0.4 is 16.0 Å². The Labute approximate surface area is 340 Å². The van der Waals surface area contributed by atoms with Gasteiger partial charge >= 0.3 is 6.18 Å². The molecule has 0 radical (unpaired) electrons. The molecule has 1 unspecified atom stereocenters. The van der Waals surface area contributed by atoms with Crippen molar-refractivity contribution >= 4 is 57.3 Å². The van der Waals surface area contributed by atoms with Crippen molar-refractivity contribution in [3.8, 4) is 5.69 Å². The summed E-state index contributed by atoms with van der Waals surface area (Å²) in [4.78, 5) is 63.9. The normalized spacial score (nSPS) is 15.6. The van der Waals surface area contributed by atoms with Gasteiger partial charge in [-0.1, -0.05) is 11.3 Å². The highest BCUT2D eigenvalue weighted by Crippen LogP contribution is 2.35. The number of aromatic nitrogens is 4. The lowest BCUT2D eigenvalue weighted by Gasteiger charge is -2.27. The number of fused-ring (bicyclic) bond motifs is 4. The molecule has 20 heteroatoms. The molecule has 3 aromatic carbocycles. The Bertz CT molecular complexity index is 2410. The summed E-state index contributed by atoms with van der Waals surface area (Å²) in [5, 5.41) is 17.0. The summed E-state index contributed by atoms with van der Waals surface area (Å²) in [6, 6.07) is 13.7. The maximum Gasteiger partial charge on any atom is 0.416 e. The van der Waals surface area contributed by atoms with E-state index >= 15 is 0 Å². The fourth-order valence-corrected chi connectivity index (χ4v) is 7.03. The highest BCUT2D eigenvalue weighted by Gasteiger charge is 2.45. The minimum atomic E-state index is -4.46. The van der Waals surface area contributed by atoms with Crippen molar-refractivity contribution in [1.82, 2.24) is 35.1 Å². The lowest BCUT2D eigenvalue weighted by molar-refractivity contribution is -0.138. The number of amides is 5. The van der Waals surface area contributed by atoms with Crippen LogP contribution in [0.4, 0.5) is 18.9 Å². The fourth-order valence-electron chi connectivity index (χ4n) is 7.03. The van der Waals surface area contributed by atoms with Crippen LogP contribution in [0.2, 0.25) is 0 Å². The predicted molar refractivity (Wildman–Crippen MR) is 208 cm³/mol. The van der Waals surface area contributed by atoms with Gasteiger partial charge in [0.05, 0.1) is 75.1 Å². The van der Waals surface area contributed by atoms with Crippen LogP contribution in [0.1, 0.15) is 49.5 Å². The van der Waals surface area contributed by atoms with Crippen molar-refractivity contribution < 1.29 is 56.1 Å². The molecular weight excluding hydrogens is 793 g/mol. The van der Waals surface area contributed by atoms with Crippen molar-refractivity contribution in [3.05, 3.63) is 82.9 Å². The van der Waals surface area contributed by atoms with Gasteiger partial charge in [-0.3, -0.25) is 38.8 Å². The minimum absolute atomic E-state index is 0.0439. The fraction of sp³-hybridized carbons (Fsp3) is 0.375. The van der Waals surface area contributed by atoms with E-state index in [0.717, 1.165) is 17.0 Å². The van der Waals surface area contributed by atoms with Crippen LogP contribution in [0.25, 0.3) is 27.8 Å². The molecule has 7 rings (SSSR count). The molecule has 0 bridgehead atoms. The highest BCUT2D eigenvalue weighted by atomic mass is 19.4.